The van der Waals surface area contributed by atoms with Crippen molar-refractivity contribution >= 4 is 58.6 Å². The molecular formula is C43H47BN2OSi. The largest absolute Gasteiger partial charge is 0.381 e. The highest BCUT2D eigenvalue weighted by atomic mass is 28.3. The van der Waals surface area contributed by atoms with E-state index in [1.807, 2.05) is 0 Å². The quantitative estimate of drug-likeness (QED) is 0.183. The first-order chi connectivity index (χ1) is 23.0. The maximum absolute atomic E-state index is 5.89. The van der Waals surface area contributed by atoms with E-state index in [0.29, 0.717) is 5.92 Å². The van der Waals surface area contributed by atoms with E-state index < -0.39 is 8.07 Å². The summed E-state index contributed by atoms with van der Waals surface area (Å²) in [5, 5.41) is 4.56. The van der Waals surface area contributed by atoms with Crippen LogP contribution >= 0.6 is 0 Å². The number of nitrogens with zero attached hydrogens (tertiary/aromatic N) is 2. The summed E-state index contributed by atoms with van der Waals surface area (Å²) in [4.78, 5) is 2.74. The number of anilines is 2. The fourth-order valence-electron chi connectivity index (χ4n) is 9.52. The molecule has 0 amide bonds. The Hall–Kier alpha value is -3.80. The number of hydrogen-bond acceptors (Lipinski definition) is 2. The highest BCUT2D eigenvalue weighted by Crippen LogP contribution is 2.49. The minimum absolute atomic E-state index is 0.0453. The maximum atomic E-state index is 5.89. The number of hydrogen-bond donors (Lipinski definition) is 0. The third-order valence-corrected chi connectivity index (χ3v) is 15.8. The fraction of sp³-hybridized carbons (Fsp3) is 0.349. The zero-order valence-corrected chi connectivity index (χ0v) is 30.9. The van der Waals surface area contributed by atoms with Crippen molar-refractivity contribution in [3.05, 3.63) is 112 Å². The smallest absolute Gasteiger partial charge is 0.251 e. The zero-order chi connectivity index (χ0) is 33.3. The molecule has 242 valence electrons. The van der Waals surface area contributed by atoms with Gasteiger partial charge in [0.2, 0.25) is 0 Å². The van der Waals surface area contributed by atoms with Crippen LogP contribution in [0.4, 0.5) is 11.4 Å². The van der Waals surface area contributed by atoms with E-state index in [9.17, 15) is 0 Å². The monoisotopic (exact) mass is 646 g/mol. The van der Waals surface area contributed by atoms with Crippen molar-refractivity contribution in [1.82, 2.24) is 4.57 Å². The van der Waals surface area contributed by atoms with E-state index in [-0.39, 0.29) is 12.1 Å². The Kier molecular flexibility index (Phi) is 6.53. The molecule has 1 saturated heterocycles. The van der Waals surface area contributed by atoms with Crippen LogP contribution in [0.15, 0.2) is 78.1 Å². The molecule has 0 spiro atoms. The van der Waals surface area contributed by atoms with Crippen molar-refractivity contribution in [3.63, 3.8) is 0 Å². The minimum Gasteiger partial charge on any atom is -0.381 e. The second-order valence-corrected chi connectivity index (χ2v) is 20.6. The third kappa shape index (κ3) is 4.04. The zero-order valence-electron chi connectivity index (χ0n) is 29.9. The van der Waals surface area contributed by atoms with Gasteiger partial charge in [0, 0.05) is 52.2 Å². The second-order valence-electron chi connectivity index (χ2n) is 16.3. The molecule has 0 aliphatic carbocycles. The average molecular weight is 647 g/mol. The lowest BCUT2D eigenvalue weighted by Crippen LogP contribution is -2.56. The van der Waals surface area contributed by atoms with Crippen LogP contribution in [0, 0.1) is 13.8 Å². The molecule has 0 atom stereocenters. The first-order valence-electron chi connectivity index (χ1n) is 18.2. The summed E-state index contributed by atoms with van der Waals surface area (Å²) < 4.78 is 8.54. The van der Waals surface area contributed by atoms with Crippen molar-refractivity contribution in [2.45, 2.75) is 85.2 Å². The van der Waals surface area contributed by atoms with Gasteiger partial charge >= 0.3 is 0 Å². The van der Waals surface area contributed by atoms with Gasteiger partial charge in [0.15, 0.2) is 0 Å². The van der Waals surface area contributed by atoms with Gasteiger partial charge in [0.25, 0.3) is 6.71 Å². The van der Waals surface area contributed by atoms with E-state index in [1.165, 1.54) is 72.4 Å². The Balaban J connectivity index is 1.46. The lowest BCUT2D eigenvalue weighted by atomic mass is 9.32. The van der Waals surface area contributed by atoms with Gasteiger partial charge in [-0.15, -0.1) is 0 Å². The fourth-order valence-corrected chi connectivity index (χ4v) is 12.9. The number of aryl methyl sites for hydroxylation is 2. The van der Waals surface area contributed by atoms with E-state index in [1.54, 1.807) is 16.0 Å². The van der Waals surface area contributed by atoms with Crippen molar-refractivity contribution in [3.8, 4) is 5.69 Å². The van der Waals surface area contributed by atoms with Crippen LogP contribution in [0.5, 0.6) is 0 Å². The molecule has 48 heavy (non-hydrogen) atoms. The predicted octanol–water partition coefficient (Wildman–Crippen LogP) is 8.49. The number of fused-ring (bicyclic) bond motifs is 5. The number of aromatic nitrogens is 1. The Bertz CT molecular complexity index is 2190. The van der Waals surface area contributed by atoms with Crippen molar-refractivity contribution in [1.29, 1.82) is 0 Å². The van der Waals surface area contributed by atoms with Gasteiger partial charge in [0.05, 0.1) is 0 Å². The molecule has 4 aromatic carbocycles. The SMILES string of the molecule is CCc1ccc(N2C3=C(B4c5c2cc(C2CCOCC2)cc5-n2c(C)c(C)c5cc(C(C)(C)C)cc4c52)c2ccccc2[Si]3(C)C)cc1. The number of benzene rings is 4. The lowest BCUT2D eigenvalue weighted by molar-refractivity contribution is 0.0853. The first kappa shape index (κ1) is 30.3. The predicted molar refractivity (Wildman–Crippen MR) is 208 cm³/mol. The minimum atomic E-state index is -2.12. The van der Waals surface area contributed by atoms with Gasteiger partial charge in [-0.2, -0.15) is 0 Å². The van der Waals surface area contributed by atoms with Gasteiger partial charge < -0.3 is 14.2 Å². The molecule has 0 unspecified atom stereocenters. The van der Waals surface area contributed by atoms with Gasteiger partial charge in [-0.1, -0.05) is 83.3 Å². The molecule has 5 aromatic rings. The first-order valence-corrected chi connectivity index (χ1v) is 21.2. The topological polar surface area (TPSA) is 17.4 Å². The highest BCUT2D eigenvalue weighted by molar-refractivity contribution is 7.10. The molecule has 9 rings (SSSR count). The Morgan fingerprint density at radius 3 is 2.31 bits per heavy atom. The van der Waals surface area contributed by atoms with Gasteiger partial charge in [-0.25, -0.2) is 0 Å². The number of ether oxygens (including phenoxy) is 1. The van der Waals surface area contributed by atoms with E-state index in [0.717, 1.165) is 32.5 Å². The van der Waals surface area contributed by atoms with Crippen LogP contribution in [-0.2, 0) is 16.6 Å². The summed E-state index contributed by atoms with van der Waals surface area (Å²) in [5.41, 5.74) is 18.6. The molecule has 5 heteroatoms. The normalized spacial score (nSPS) is 18.0. The van der Waals surface area contributed by atoms with E-state index >= 15 is 0 Å². The van der Waals surface area contributed by atoms with Crippen LogP contribution in [0.1, 0.15) is 80.0 Å². The summed E-state index contributed by atoms with van der Waals surface area (Å²) in [6, 6.07) is 29.2. The van der Waals surface area contributed by atoms with Crippen LogP contribution in [-0.4, -0.2) is 32.6 Å². The second kappa shape index (κ2) is 10.4. The molecule has 5 heterocycles. The summed E-state index contributed by atoms with van der Waals surface area (Å²) in [5.74, 6) is 0.501. The number of rotatable bonds is 3. The molecule has 1 aromatic heterocycles. The van der Waals surface area contributed by atoms with Gasteiger partial charge in [-0.3, -0.25) is 0 Å². The highest BCUT2D eigenvalue weighted by Gasteiger charge is 2.52. The molecule has 3 nitrogen and oxygen atoms in total. The lowest BCUT2D eigenvalue weighted by Gasteiger charge is -2.44. The molecular weight excluding hydrogens is 599 g/mol. The van der Waals surface area contributed by atoms with Crippen LogP contribution in [0.2, 0.25) is 13.1 Å². The average Bonchev–Trinajstić information content (AvgIpc) is 3.49. The van der Waals surface area contributed by atoms with Crippen molar-refractivity contribution in [2.75, 3.05) is 18.1 Å². The van der Waals surface area contributed by atoms with E-state index in [4.69, 9.17) is 4.74 Å². The molecule has 4 aliphatic heterocycles. The van der Waals surface area contributed by atoms with Crippen molar-refractivity contribution in [2.24, 2.45) is 0 Å². The van der Waals surface area contributed by atoms with Crippen LogP contribution in [0.3, 0.4) is 0 Å². The molecule has 1 fully saturated rings. The molecule has 0 bridgehead atoms. The standard InChI is InChI=1S/C43H47BN2OSi/c1-9-28-14-16-32(17-15-28)46-37-23-30(29-18-20-47-21-19-29)22-36-40(37)44(39-33-12-10-11-13-38(33)48(7,8)42(39)46)35-25-31(43(4,5)6)24-34-26(2)27(3)45(36)41(34)35/h10-17,22-25,29H,9,18-21H2,1-8H3. The van der Waals surface area contributed by atoms with Gasteiger partial charge in [0.1, 0.15) is 8.07 Å². The third-order valence-electron chi connectivity index (χ3n) is 12.3. The van der Waals surface area contributed by atoms with Crippen LogP contribution in [0.25, 0.3) is 22.1 Å². The van der Waals surface area contributed by atoms with Crippen LogP contribution < -0.4 is 21.0 Å². The molecule has 0 radical (unpaired) electrons. The summed E-state index contributed by atoms with van der Waals surface area (Å²) in [7, 11) is -2.12. The molecule has 4 aliphatic rings. The Morgan fingerprint density at radius 1 is 0.896 bits per heavy atom. The maximum Gasteiger partial charge on any atom is 0.251 e. The van der Waals surface area contributed by atoms with E-state index in [2.05, 4.69) is 137 Å². The molecule has 0 N–H and O–H groups in total. The van der Waals surface area contributed by atoms with Gasteiger partial charge in [-0.05, 0) is 124 Å². The Morgan fingerprint density at radius 2 is 1.60 bits per heavy atom. The summed E-state index contributed by atoms with van der Waals surface area (Å²) in [6.45, 7) is 21.1. The summed E-state index contributed by atoms with van der Waals surface area (Å²) >= 11 is 0. The molecule has 0 saturated carbocycles. The van der Waals surface area contributed by atoms with Crippen molar-refractivity contribution < 1.29 is 4.74 Å². The Labute approximate surface area is 287 Å². The summed E-state index contributed by atoms with van der Waals surface area (Å²) in [6.07, 6.45) is 3.21.